The Kier molecular flexibility index (Phi) is 5.46. The first kappa shape index (κ1) is 14.6. The lowest BCUT2D eigenvalue weighted by Crippen LogP contribution is -2.30. The average molecular weight is 268 g/mol. The van der Waals surface area contributed by atoms with Crippen molar-refractivity contribution in [3.8, 4) is 11.5 Å². The highest BCUT2D eigenvalue weighted by Gasteiger charge is 2.06. The van der Waals surface area contributed by atoms with Gasteiger partial charge in [-0.1, -0.05) is 0 Å². The van der Waals surface area contributed by atoms with Gasteiger partial charge in [0.2, 0.25) is 0 Å². The van der Waals surface area contributed by atoms with Gasteiger partial charge < -0.3 is 25.2 Å². The van der Waals surface area contributed by atoms with E-state index >= 15 is 0 Å². The SMILES string of the molecule is COc1cc(NC(=O)NCCC(=O)O)cc(OC)c1. The van der Waals surface area contributed by atoms with Gasteiger partial charge in [-0.15, -0.1) is 0 Å². The summed E-state index contributed by atoms with van der Waals surface area (Å²) in [6.07, 6.45) is -0.130. The van der Waals surface area contributed by atoms with Crippen molar-refractivity contribution in [2.24, 2.45) is 0 Å². The lowest BCUT2D eigenvalue weighted by Gasteiger charge is -2.10. The summed E-state index contributed by atoms with van der Waals surface area (Å²) in [5.41, 5.74) is 0.490. The minimum absolute atomic E-state index is 0.0578. The fourth-order valence-electron chi connectivity index (χ4n) is 1.34. The smallest absolute Gasteiger partial charge is 0.319 e. The van der Waals surface area contributed by atoms with E-state index in [0.717, 1.165) is 0 Å². The summed E-state index contributed by atoms with van der Waals surface area (Å²) in [5, 5.41) is 13.4. The predicted octanol–water partition coefficient (Wildman–Crippen LogP) is 1.30. The second kappa shape index (κ2) is 7.10. The number of methoxy groups -OCH3 is 2. The molecule has 1 aromatic rings. The van der Waals surface area contributed by atoms with Crippen LogP contribution in [0.3, 0.4) is 0 Å². The largest absolute Gasteiger partial charge is 0.497 e. The first-order valence-electron chi connectivity index (χ1n) is 5.55. The van der Waals surface area contributed by atoms with Crippen LogP contribution in [0.4, 0.5) is 10.5 Å². The highest BCUT2D eigenvalue weighted by Crippen LogP contribution is 2.25. The predicted molar refractivity (Wildman–Crippen MR) is 68.8 cm³/mol. The maximum absolute atomic E-state index is 11.5. The van der Waals surface area contributed by atoms with Crippen molar-refractivity contribution >= 4 is 17.7 Å². The summed E-state index contributed by atoms with van der Waals surface area (Å²) in [6.45, 7) is 0.0578. The zero-order chi connectivity index (χ0) is 14.3. The number of benzene rings is 1. The summed E-state index contributed by atoms with van der Waals surface area (Å²) in [5.74, 6) is 0.115. The van der Waals surface area contributed by atoms with Crippen molar-refractivity contribution in [1.82, 2.24) is 5.32 Å². The zero-order valence-electron chi connectivity index (χ0n) is 10.7. The maximum Gasteiger partial charge on any atom is 0.319 e. The van der Waals surface area contributed by atoms with Gasteiger partial charge in [-0.05, 0) is 0 Å². The van der Waals surface area contributed by atoms with Gasteiger partial charge in [-0.25, -0.2) is 4.79 Å². The molecule has 7 heteroatoms. The van der Waals surface area contributed by atoms with E-state index in [1.165, 1.54) is 14.2 Å². The molecule has 0 radical (unpaired) electrons. The third kappa shape index (κ3) is 5.15. The van der Waals surface area contributed by atoms with Crippen molar-refractivity contribution in [1.29, 1.82) is 0 Å². The number of hydrogen-bond donors (Lipinski definition) is 3. The van der Waals surface area contributed by atoms with Gasteiger partial charge in [0, 0.05) is 30.4 Å². The van der Waals surface area contributed by atoms with E-state index in [1.807, 2.05) is 0 Å². The highest BCUT2D eigenvalue weighted by molar-refractivity contribution is 5.90. The van der Waals surface area contributed by atoms with E-state index in [0.29, 0.717) is 17.2 Å². The summed E-state index contributed by atoms with van der Waals surface area (Å²) < 4.78 is 10.1. The van der Waals surface area contributed by atoms with Crippen molar-refractivity contribution in [3.05, 3.63) is 18.2 Å². The van der Waals surface area contributed by atoms with Crippen LogP contribution in [0.5, 0.6) is 11.5 Å². The molecule has 0 heterocycles. The van der Waals surface area contributed by atoms with E-state index in [1.54, 1.807) is 18.2 Å². The van der Waals surface area contributed by atoms with E-state index in [9.17, 15) is 9.59 Å². The number of anilines is 1. The topological polar surface area (TPSA) is 96.9 Å². The molecule has 0 unspecified atom stereocenters. The van der Waals surface area contributed by atoms with Crippen molar-refractivity contribution in [2.45, 2.75) is 6.42 Å². The maximum atomic E-state index is 11.5. The van der Waals surface area contributed by atoms with Crippen molar-refractivity contribution in [2.75, 3.05) is 26.1 Å². The molecule has 0 saturated heterocycles. The molecular formula is C12H16N2O5. The standard InChI is InChI=1S/C12H16N2O5/c1-18-9-5-8(6-10(7-9)19-2)14-12(17)13-4-3-11(15)16/h5-7H,3-4H2,1-2H3,(H,15,16)(H2,13,14,17). The molecule has 0 fully saturated rings. The third-order valence-electron chi connectivity index (χ3n) is 2.23. The number of rotatable bonds is 6. The van der Waals surface area contributed by atoms with Gasteiger partial charge in [0.05, 0.1) is 20.6 Å². The number of ether oxygens (including phenoxy) is 2. The zero-order valence-corrected chi connectivity index (χ0v) is 10.7. The molecule has 7 nitrogen and oxygen atoms in total. The molecule has 0 aromatic heterocycles. The van der Waals surface area contributed by atoms with Crippen LogP contribution in [0.15, 0.2) is 18.2 Å². The number of carboxylic acid groups (broad SMARTS) is 1. The van der Waals surface area contributed by atoms with Gasteiger partial charge in [0.15, 0.2) is 0 Å². The Morgan fingerprint density at radius 3 is 2.21 bits per heavy atom. The molecule has 0 aliphatic heterocycles. The Hall–Kier alpha value is -2.44. The first-order valence-corrected chi connectivity index (χ1v) is 5.55. The molecule has 1 rings (SSSR count). The van der Waals surface area contributed by atoms with Crippen LogP contribution in [0.25, 0.3) is 0 Å². The minimum Gasteiger partial charge on any atom is -0.497 e. The van der Waals surface area contributed by atoms with Crippen LogP contribution < -0.4 is 20.1 Å². The fraction of sp³-hybridized carbons (Fsp3) is 0.333. The van der Waals surface area contributed by atoms with Gasteiger partial charge in [0.1, 0.15) is 11.5 Å². The van der Waals surface area contributed by atoms with E-state index in [2.05, 4.69) is 10.6 Å². The molecule has 2 amide bonds. The van der Waals surface area contributed by atoms with E-state index in [-0.39, 0.29) is 13.0 Å². The van der Waals surface area contributed by atoms with Crippen LogP contribution in [-0.2, 0) is 4.79 Å². The Morgan fingerprint density at radius 2 is 1.74 bits per heavy atom. The second-order valence-corrected chi connectivity index (χ2v) is 3.63. The molecule has 3 N–H and O–H groups in total. The lowest BCUT2D eigenvalue weighted by molar-refractivity contribution is -0.136. The molecule has 0 aliphatic rings. The second-order valence-electron chi connectivity index (χ2n) is 3.63. The van der Waals surface area contributed by atoms with Crippen molar-refractivity contribution < 1.29 is 24.2 Å². The quantitative estimate of drug-likeness (QED) is 0.722. The molecule has 1 aromatic carbocycles. The van der Waals surface area contributed by atoms with Crippen LogP contribution in [0.1, 0.15) is 6.42 Å². The number of urea groups is 1. The summed E-state index contributed by atoms with van der Waals surface area (Å²) in [7, 11) is 3.01. The number of amides is 2. The molecule has 104 valence electrons. The number of carbonyl (C=O) groups is 2. The average Bonchev–Trinajstić information content (AvgIpc) is 2.37. The number of nitrogens with one attached hydrogen (secondary N) is 2. The molecular weight excluding hydrogens is 252 g/mol. The number of carbonyl (C=O) groups excluding carboxylic acids is 1. The highest BCUT2D eigenvalue weighted by atomic mass is 16.5. The fourth-order valence-corrected chi connectivity index (χ4v) is 1.34. The number of carboxylic acids is 1. The normalized spacial score (nSPS) is 9.58. The van der Waals surface area contributed by atoms with Crippen LogP contribution in [-0.4, -0.2) is 37.9 Å². The Balaban J connectivity index is 2.60. The van der Waals surface area contributed by atoms with E-state index < -0.39 is 12.0 Å². The minimum atomic E-state index is -0.969. The molecule has 19 heavy (non-hydrogen) atoms. The van der Waals surface area contributed by atoms with Gasteiger partial charge in [0.25, 0.3) is 0 Å². The van der Waals surface area contributed by atoms with Crippen LogP contribution >= 0.6 is 0 Å². The molecule has 0 bridgehead atoms. The first-order chi connectivity index (χ1) is 9.05. The molecule has 0 saturated carbocycles. The van der Waals surface area contributed by atoms with Gasteiger partial charge in [-0.3, -0.25) is 4.79 Å². The van der Waals surface area contributed by atoms with Gasteiger partial charge in [-0.2, -0.15) is 0 Å². The summed E-state index contributed by atoms with van der Waals surface area (Å²) in [6, 6.07) is 4.43. The third-order valence-corrected chi connectivity index (χ3v) is 2.23. The monoisotopic (exact) mass is 268 g/mol. The number of hydrogen-bond acceptors (Lipinski definition) is 4. The molecule has 0 spiro atoms. The molecule has 0 atom stereocenters. The van der Waals surface area contributed by atoms with Crippen LogP contribution in [0.2, 0.25) is 0 Å². The Morgan fingerprint density at radius 1 is 1.16 bits per heavy atom. The van der Waals surface area contributed by atoms with E-state index in [4.69, 9.17) is 14.6 Å². The summed E-state index contributed by atoms with van der Waals surface area (Å²) >= 11 is 0. The Bertz CT molecular complexity index is 439. The van der Waals surface area contributed by atoms with Gasteiger partial charge >= 0.3 is 12.0 Å². The Labute approximate surface area is 110 Å². The lowest BCUT2D eigenvalue weighted by atomic mass is 10.3. The van der Waals surface area contributed by atoms with Crippen LogP contribution in [0, 0.1) is 0 Å². The van der Waals surface area contributed by atoms with Crippen molar-refractivity contribution in [3.63, 3.8) is 0 Å². The number of aliphatic carboxylic acids is 1. The molecule has 0 aliphatic carbocycles. The summed E-state index contributed by atoms with van der Waals surface area (Å²) in [4.78, 5) is 21.8.